The van der Waals surface area contributed by atoms with E-state index in [4.69, 9.17) is 9.47 Å². The Balaban J connectivity index is 2.60. The summed E-state index contributed by atoms with van der Waals surface area (Å²) in [4.78, 5) is 56.5. The zero-order chi connectivity index (χ0) is 34.1. The highest BCUT2D eigenvalue weighted by Gasteiger charge is 2.39. The minimum atomic E-state index is -1.08. The maximum Gasteiger partial charge on any atom is 0.408 e. The highest BCUT2D eigenvalue weighted by atomic mass is 16.6. The van der Waals surface area contributed by atoms with Gasteiger partial charge in [-0.3, -0.25) is 9.59 Å². The van der Waals surface area contributed by atoms with E-state index in [0.717, 1.165) is 16.7 Å². The second kappa shape index (κ2) is 15.9. The topological polar surface area (TPSA) is 114 Å². The Morgan fingerprint density at radius 1 is 0.822 bits per heavy atom. The van der Waals surface area contributed by atoms with E-state index in [1.165, 1.54) is 4.90 Å². The fourth-order valence-corrected chi connectivity index (χ4v) is 4.81. The summed E-state index contributed by atoms with van der Waals surface area (Å²) in [6.45, 7) is 20.3. The smallest absolute Gasteiger partial charge is 0.408 e. The van der Waals surface area contributed by atoms with Crippen LogP contribution in [0.5, 0.6) is 0 Å². The predicted octanol–water partition coefficient (Wildman–Crippen LogP) is 6.20. The number of aryl methyl sites for hydroxylation is 2. The largest absolute Gasteiger partial charge is 0.458 e. The first-order valence-electron chi connectivity index (χ1n) is 15.8. The molecule has 9 heteroatoms. The molecule has 0 saturated heterocycles. The molecular formula is C36H53N3O6. The van der Waals surface area contributed by atoms with Crippen LogP contribution in [0, 0.1) is 19.8 Å². The highest BCUT2D eigenvalue weighted by molar-refractivity contribution is 5.94. The quantitative estimate of drug-likeness (QED) is 0.272. The molecule has 0 aliphatic heterocycles. The number of nitrogens with one attached hydrogen (secondary N) is 2. The van der Waals surface area contributed by atoms with Crippen molar-refractivity contribution in [2.45, 2.75) is 118 Å². The van der Waals surface area contributed by atoms with Gasteiger partial charge in [-0.2, -0.15) is 0 Å². The van der Waals surface area contributed by atoms with E-state index in [1.54, 1.807) is 41.5 Å². The summed E-state index contributed by atoms with van der Waals surface area (Å²) in [5.74, 6) is -1.82. The first-order chi connectivity index (χ1) is 20.8. The molecule has 3 amide bonds. The van der Waals surface area contributed by atoms with E-state index >= 15 is 0 Å². The third kappa shape index (κ3) is 11.9. The molecule has 2 aromatic rings. The minimum absolute atomic E-state index is 0.206. The van der Waals surface area contributed by atoms with Gasteiger partial charge < -0.3 is 25.0 Å². The van der Waals surface area contributed by atoms with Gasteiger partial charge in [0.05, 0.1) is 0 Å². The van der Waals surface area contributed by atoms with Crippen molar-refractivity contribution in [3.8, 4) is 0 Å². The normalized spacial score (nSPS) is 13.8. The Bertz CT molecular complexity index is 1310. The molecule has 0 aliphatic rings. The summed E-state index contributed by atoms with van der Waals surface area (Å²) in [5, 5.41) is 5.67. The molecule has 0 heterocycles. The lowest BCUT2D eigenvalue weighted by atomic mass is 9.96. The number of ether oxygens (including phenoxy) is 2. The van der Waals surface area contributed by atoms with Crippen molar-refractivity contribution in [1.29, 1.82) is 0 Å². The molecule has 248 valence electrons. The zero-order valence-corrected chi connectivity index (χ0v) is 28.9. The average Bonchev–Trinajstić information content (AvgIpc) is 2.91. The Morgan fingerprint density at radius 3 is 1.93 bits per heavy atom. The number of hydrogen-bond acceptors (Lipinski definition) is 6. The molecule has 2 aromatic carbocycles. The van der Waals surface area contributed by atoms with Gasteiger partial charge in [-0.1, -0.05) is 69.3 Å². The van der Waals surface area contributed by atoms with Crippen LogP contribution in [0.3, 0.4) is 0 Å². The molecule has 3 unspecified atom stereocenters. The van der Waals surface area contributed by atoms with Gasteiger partial charge in [-0.15, -0.1) is 0 Å². The van der Waals surface area contributed by atoms with E-state index in [9.17, 15) is 19.2 Å². The maximum atomic E-state index is 14.4. The zero-order valence-electron chi connectivity index (χ0n) is 28.9. The number of amides is 3. The van der Waals surface area contributed by atoms with Gasteiger partial charge in [-0.25, -0.2) is 9.59 Å². The van der Waals surface area contributed by atoms with Gasteiger partial charge in [-0.05, 0) is 90.0 Å². The van der Waals surface area contributed by atoms with Crippen molar-refractivity contribution in [3.63, 3.8) is 0 Å². The van der Waals surface area contributed by atoms with E-state index in [2.05, 4.69) is 10.6 Å². The van der Waals surface area contributed by atoms with E-state index in [0.29, 0.717) is 12.0 Å². The lowest BCUT2D eigenvalue weighted by molar-refractivity contribution is -0.159. The Labute approximate surface area is 269 Å². The van der Waals surface area contributed by atoms with Crippen molar-refractivity contribution < 1.29 is 28.7 Å². The Hall–Kier alpha value is -3.88. The molecule has 3 atom stereocenters. The number of alkyl carbamates (subject to hydrolysis) is 1. The van der Waals surface area contributed by atoms with E-state index in [1.807, 2.05) is 83.1 Å². The van der Waals surface area contributed by atoms with Crippen molar-refractivity contribution in [2.75, 3.05) is 6.54 Å². The molecule has 0 saturated carbocycles. The number of rotatable bonds is 12. The molecule has 0 aliphatic carbocycles. The minimum Gasteiger partial charge on any atom is -0.458 e. The molecule has 0 bridgehead atoms. The highest BCUT2D eigenvalue weighted by Crippen LogP contribution is 2.27. The van der Waals surface area contributed by atoms with Crippen LogP contribution in [-0.2, 0) is 30.3 Å². The number of nitrogens with zero attached hydrogens (tertiary/aromatic N) is 1. The summed E-state index contributed by atoms with van der Waals surface area (Å²) < 4.78 is 11.2. The number of hydrogen-bond donors (Lipinski definition) is 2. The average molecular weight is 624 g/mol. The summed E-state index contributed by atoms with van der Waals surface area (Å²) in [6.07, 6.45) is 0.0421. The van der Waals surface area contributed by atoms with Crippen LogP contribution in [0.1, 0.15) is 97.0 Å². The summed E-state index contributed by atoms with van der Waals surface area (Å²) in [6, 6.07) is 12.0. The molecule has 0 spiro atoms. The van der Waals surface area contributed by atoms with Crippen LogP contribution in [-0.4, -0.2) is 58.6 Å². The Kier molecular flexibility index (Phi) is 13.2. The molecule has 45 heavy (non-hydrogen) atoms. The molecule has 2 N–H and O–H groups in total. The number of carbonyl (C=O) groups excluding carboxylic acids is 4. The first-order valence-corrected chi connectivity index (χ1v) is 15.8. The molecule has 9 nitrogen and oxygen atoms in total. The second-order valence-electron chi connectivity index (χ2n) is 13.9. The van der Waals surface area contributed by atoms with Crippen LogP contribution in [0.2, 0.25) is 0 Å². The fourth-order valence-electron chi connectivity index (χ4n) is 4.81. The second-order valence-corrected chi connectivity index (χ2v) is 13.9. The third-order valence-corrected chi connectivity index (χ3v) is 7.05. The fraction of sp³-hybridized carbons (Fsp3) is 0.556. The molecular weight excluding hydrogens is 570 g/mol. The van der Waals surface area contributed by atoms with Gasteiger partial charge in [0.25, 0.3) is 0 Å². The third-order valence-electron chi connectivity index (χ3n) is 7.05. The molecule has 2 rings (SSSR count). The predicted molar refractivity (Wildman–Crippen MR) is 177 cm³/mol. The van der Waals surface area contributed by atoms with Crippen LogP contribution in [0.15, 0.2) is 48.5 Å². The van der Waals surface area contributed by atoms with Crippen molar-refractivity contribution in [1.82, 2.24) is 15.5 Å². The van der Waals surface area contributed by atoms with Crippen LogP contribution in [0.25, 0.3) is 0 Å². The number of carbonyl (C=O) groups is 4. The lowest BCUT2D eigenvalue weighted by Gasteiger charge is -2.36. The van der Waals surface area contributed by atoms with Gasteiger partial charge in [0.1, 0.15) is 29.3 Å². The molecule has 0 radical (unpaired) electrons. The first kappa shape index (κ1) is 37.3. The van der Waals surface area contributed by atoms with Crippen LogP contribution < -0.4 is 10.6 Å². The lowest BCUT2D eigenvalue weighted by Crippen LogP contribution is -2.56. The maximum absolute atomic E-state index is 14.4. The van der Waals surface area contributed by atoms with E-state index in [-0.39, 0.29) is 18.9 Å². The van der Waals surface area contributed by atoms with Gasteiger partial charge >= 0.3 is 12.1 Å². The SMILES string of the molecule is CCCN(C(=O)C(NC(=O)OC(C)(C)C)C(C)C)C(C(=O)NC(Cc1ccccc1)C(=O)OC(C)(C)C)c1ccc(C)c(C)c1. The standard InChI is InChI=1S/C36H53N3O6/c1-12-20-39(32(41)29(23(2)3)38-34(43)45-36(9,10)11)30(27-19-18-24(4)25(5)21-27)31(40)37-28(33(42)44-35(6,7)8)22-26-16-14-13-15-17-26/h13-19,21,23,28-30H,12,20,22H2,1-11H3,(H,37,40)(H,38,43). The summed E-state index contributed by atoms with van der Waals surface area (Å²) in [5.41, 5.74) is 1.91. The van der Waals surface area contributed by atoms with Gasteiger partial charge in [0, 0.05) is 13.0 Å². The summed E-state index contributed by atoms with van der Waals surface area (Å²) in [7, 11) is 0. The molecule has 0 aromatic heterocycles. The van der Waals surface area contributed by atoms with Crippen LogP contribution >= 0.6 is 0 Å². The van der Waals surface area contributed by atoms with Crippen molar-refractivity contribution in [2.24, 2.45) is 5.92 Å². The van der Waals surface area contributed by atoms with E-state index < -0.39 is 53.2 Å². The van der Waals surface area contributed by atoms with Crippen LogP contribution in [0.4, 0.5) is 4.79 Å². The summed E-state index contributed by atoms with van der Waals surface area (Å²) >= 11 is 0. The van der Waals surface area contributed by atoms with Gasteiger partial charge in [0.2, 0.25) is 11.8 Å². The number of esters is 1. The van der Waals surface area contributed by atoms with Gasteiger partial charge in [0.15, 0.2) is 0 Å². The Morgan fingerprint density at radius 2 is 1.42 bits per heavy atom. The van der Waals surface area contributed by atoms with Crippen molar-refractivity contribution in [3.05, 3.63) is 70.8 Å². The van der Waals surface area contributed by atoms with Crippen molar-refractivity contribution >= 4 is 23.9 Å². The number of benzene rings is 2. The monoisotopic (exact) mass is 623 g/mol. The molecule has 0 fully saturated rings.